The highest BCUT2D eigenvalue weighted by Crippen LogP contribution is 2.27. The van der Waals surface area contributed by atoms with Gasteiger partial charge in [0.1, 0.15) is 0 Å². The van der Waals surface area contributed by atoms with Crippen LogP contribution in [0.25, 0.3) is 0 Å². The van der Waals surface area contributed by atoms with Crippen molar-refractivity contribution in [1.82, 2.24) is 19.9 Å². The van der Waals surface area contributed by atoms with Crippen LogP contribution in [0.4, 0.5) is 0 Å². The van der Waals surface area contributed by atoms with Gasteiger partial charge in [-0.25, -0.2) is 0 Å². The molecule has 2 heterocycles. The van der Waals surface area contributed by atoms with Crippen LogP contribution in [0.2, 0.25) is 0 Å². The molecule has 1 aliphatic heterocycles. The van der Waals surface area contributed by atoms with E-state index in [0.29, 0.717) is 24.2 Å². The van der Waals surface area contributed by atoms with Crippen molar-refractivity contribution in [3.05, 3.63) is 11.7 Å². The number of nitrogens with two attached hydrogens (primary N) is 1. The second kappa shape index (κ2) is 8.58. The Morgan fingerprint density at radius 3 is 2.58 bits per heavy atom. The number of rotatable bonds is 6. The molecule has 1 saturated heterocycles. The quantitative estimate of drug-likeness (QED) is 0.848. The van der Waals surface area contributed by atoms with Crippen LogP contribution in [-0.2, 0) is 17.9 Å². The first kappa shape index (κ1) is 17.4. The summed E-state index contributed by atoms with van der Waals surface area (Å²) in [5, 5.41) is 3.93. The van der Waals surface area contributed by atoms with Crippen molar-refractivity contribution in [3.63, 3.8) is 0 Å². The highest BCUT2D eigenvalue weighted by atomic mass is 16.5. The first-order valence-corrected chi connectivity index (χ1v) is 9.26. The fraction of sp³-hybridized carbons (Fsp3) is 0.824. The summed E-state index contributed by atoms with van der Waals surface area (Å²) >= 11 is 0. The molecule has 1 amide bonds. The molecule has 134 valence electrons. The van der Waals surface area contributed by atoms with E-state index in [4.69, 9.17) is 10.3 Å². The Morgan fingerprint density at radius 2 is 1.92 bits per heavy atom. The van der Waals surface area contributed by atoms with Crippen LogP contribution in [0.15, 0.2) is 4.52 Å². The third kappa shape index (κ3) is 4.77. The molecule has 0 radical (unpaired) electrons. The zero-order valence-electron chi connectivity index (χ0n) is 14.5. The van der Waals surface area contributed by atoms with Gasteiger partial charge in [0.05, 0.1) is 13.1 Å². The molecule has 7 nitrogen and oxygen atoms in total. The number of nitrogens with zero attached hydrogens (tertiary/aromatic N) is 4. The Labute approximate surface area is 143 Å². The molecule has 24 heavy (non-hydrogen) atoms. The van der Waals surface area contributed by atoms with E-state index in [1.165, 1.54) is 32.1 Å². The third-order valence-electron chi connectivity index (χ3n) is 5.27. The van der Waals surface area contributed by atoms with E-state index in [0.717, 1.165) is 44.9 Å². The van der Waals surface area contributed by atoms with E-state index in [9.17, 15) is 4.79 Å². The van der Waals surface area contributed by atoms with Gasteiger partial charge in [-0.1, -0.05) is 37.3 Å². The molecule has 0 atom stereocenters. The van der Waals surface area contributed by atoms with Crippen molar-refractivity contribution in [2.45, 2.75) is 58.0 Å². The van der Waals surface area contributed by atoms with E-state index in [1.54, 1.807) is 0 Å². The van der Waals surface area contributed by atoms with Crippen LogP contribution in [0.3, 0.4) is 0 Å². The van der Waals surface area contributed by atoms with Crippen LogP contribution in [0, 0.1) is 5.92 Å². The number of carbonyl (C=O) groups excluding carboxylic acids is 1. The minimum absolute atomic E-state index is 0.274. The fourth-order valence-electron chi connectivity index (χ4n) is 3.75. The van der Waals surface area contributed by atoms with Gasteiger partial charge in [-0.3, -0.25) is 9.69 Å². The smallest absolute Gasteiger partial charge is 0.240 e. The minimum atomic E-state index is 0.274. The molecule has 2 aliphatic rings. The van der Waals surface area contributed by atoms with Crippen LogP contribution in [0.1, 0.15) is 56.7 Å². The Hall–Kier alpha value is -1.47. The summed E-state index contributed by atoms with van der Waals surface area (Å²) in [7, 11) is 0. The summed E-state index contributed by atoms with van der Waals surface area (Å²) in [6.07, 6.45) is 8.49. The maximum absolute atomic E-state index is 12.4. The molecule has 2 fully saturated rings. The van der Waals surface area contributed by atoms with Crippen LogP contribution in [0.5, 0.6) is 0 Å². The summed E-state index contributed by atoms with van der Waals surface area (Å²) in [6.45, 7) is 4.25. The monoisotopic (exact) mass is 335 g/mol. The number of hydrogen-bond donors (Lipinski definition) is 1. The van der Waals surface area contributed by atoms with Gasteiger partial charge >= 0.3 is 0 Å². The molecule has 0 aromatic carbocycles. The van der Waals surface area contributed by atoms with Crippen molar-refractivity contribution in [2.75, 3.05) is 26.2 Å². The van der Waals surface area contributed by atoms with E-state index < -0.39 is 0 Å². The molecule has 1 aliphatic carbocycles. The molecule has 0 unspecified atom stereocenters. The van der Waals surface area contributed by atoms with Crippen molar-refractivity contribution in [2.24, 2.45) is 11.7 Å². The Bertz CT molecular complexity index is 519. The number of carbonyl (C=O) groups is 1. The number of piperazine rings is 1. The maximum atomic E-state index is 12.4. The van der Waals surface area contributed by atoms with Crippen molar-refractivity contribution in [3.8, 4) is 0 Å². The molecule has 7 heteroatoms. The lowest BCUT2D eigenvalue weighted by Gasteiger charge is -2.34. The van der Waals surface area contributed by atoms with Crippen molar-refractivity contribution >= 4 is 5.91 Å². The minimum Gasteiger partial charge on any atom is -0.340 e. The second-order valence-electron chi connectivity index (χ2n) is 7.01. The predicted molar refractivity (Wildman–Crippen MR) is 89.9 cm³/mol. The summed E-state index contributed by atoms with van der Waals surface area (Å²) in [4.78, 5) is 20.9. The Kier molecular flexibility index (Phi) is 6.20. The first-order chi connectivity index (χ1) is 11.7. The standard InChI is InChI=1S/C17H29N5O2/c18-12-16-19-15(20-24-16)13-21-8-10-22(11-9-21)17(23)7-6-14-4-2-1-3-5-14/h14H,1-13,18H2. The van der Waals surface area contributed by atoms with E-state index in [2.05, 4.69) is 15.0 Å². The molecular weight excluding hydrogens is 306 g/mol. The van der Waals surface area contributed by atoms with Gasteiger partial charge in [-0.05, 0) is 12.3 Å². The third-order valence-corrected chi connectivity index (χ3v) is 5.27. The SMILES string of the molecule is NCc1nc(CN2CCN(C(=O)CCC3CCCCC3)CC2)no1. The normalized spacial score (nSPS) is 20.5. The Morgan fingerprint density at radius 1 is 1.17 bits per heavy atom. The van der Waals surface area contributed by atoms with Crippen LogP contribution in [-0.4, -0.2) is 52.0 Å². The molecular formula is C17H29N5O2. The summed E-state index contributed by atoms with van der Waals surface area (Å²) in [6, 6.07) is 0. The van der Waals surface area contributed by atoms with Gasteiger partial charge in [-0.2, -0.15) is 4.98 Å². The zero-order chi connectivity index (χ0) is 16.8. The van der Waals surface area contributed by atoms with E-state index in [1.807, 2.05) is 4.90 Å². The molecule has 2 N–H and O–H groups in total. The lowest BCUT2D eigenvalue weighted by Crippen LogP contribution is -2.48. The molecule has 1 aromatic heterocycles. The summed E-state index contributed by atoms with van der Waals surface area (Å²) in [5.74, 6) is 2.25. The van der Waals surface area contributed by atoms with Gasteiger partial charge in [0.2, 0.25) is 11.8 Å². The summed E-state index contributed by atoms with van der Waals surface area (Å²) < 4.78 is 5.03. The average molecular weight is 335 g/mol. The first-order valence-electron chi connectivity index (χ1n) is 9.26. The van der Waals surface area contributed by atoms with Gasteiger partial charge in [0, 0.05) is 32.6 Å². The van der Waals surface area contributed by atoms with Gasteiger partial charge < -0.3 is 15.2 Å². The molecule has 0 spiro atoms. The number of aromatic nitrogens is 2. The highest BCUT2D eigenvalue weighted by molar-refractivity contribution is 5.76. The zero-order valence-corrected chi connectivity index (χ0v) is 14.5. The Balaban J connectivity index is 1.37. The van der Waals surface area contributed by atoms with Crippen molar-refractivity contribution in [1.29, 1.82) is 0 Å². The van der Waals surface area contributed by atoms with Gasteiger partial charge in [-0.15, -0.1) is 0 Å². The largest absolute Gasteiger partial charge is 0.340 e. The van der Waals surface area contributed by atoms with Gasteiger partial charge in [0.25, 0.3) is 0 Å². The lowest BCUT2D eigenvalue weighted by molar-refractivity contribution is -0.133. The van der Waals surface area contributed by atoms with E-state index in [-0.39, 0.29) is 6.54 Å². The van der Waals surface area contributed by atoms with Crippen molar-refractivity contribution < 1.29 is 9.32 Å². The molecule has 1 aromatic rings. The number of hydrogen-bond acceptors (Lipinski definition) is 6. The molecule has 1 saturated carbocycles. The molecule has 3 rings (SSSR count). The van der Waals surface area contributed by atoms with Crippen LogP contribution >= 0.6 is 0 Å². The fourth-order valence-corrected chi connectivity index (χ4v) is 3.75. The van der Waals surface area contributed by atoms with Crippen LogP contribution < -0.4 is 5.73 Å². The van der Waals surface area contributed by atoms with Gasteiger partial charge in [0.15, 0.2) is 5.82 Å². The highest BCUT2D eigenvalue weighted by Gasteiger charge is 2.23. The predicted octanol–water partition coefficient (Wildman–Crippen LogP) is 1.53. The second-order valence-corrected chi connectivity index (χ2v) is 7.01. The topological polar surface area (TPSA) is 88.5 Å². The lowest BCUT2D eigenvalue weighted by atomic mass is 9.86. The maximum Gasteiger partial charge on any atom is 0.240 e. The molecule has 0 bridgehead atoms. The summed E-state index contributed by atoms with van der Waals surface area (Å²) in [5.41, 5.74) is 5.48. The van der Waals surface area contributed by atoms with E-state index >= 15 is 0 Å². The average Bonchev–Trinajstić information content (AvgIpc) is 3.09. The number of amides is 1.